The normalized spacial score (nSPS) is 15.7. The molecule has 1 aliphatic carbocycles. The van der Waals surface area contributed by atoms with E-state index in [1.54, 1.807) is 11.3 Å². The van der Waals surface area contributed by atoms with Crippen molar-refractivity contribution in [1.82, 2.24) is 15.5 Å². The molecule has 0 bridgehead atoms. The second-order valence-electron chi connectivity index (χ2n) is 4.95. The molecule has 2 aromatic rings. The van der Waals surface area contributed by atoms with Crippen LogP contribution in [0.2, 0.25) is 0 Å². The van der Waals surface area contributed by atoms with Crippen LogP contribution in [0.3, 0.4) is 0 Å². The number of thiophene rings is 1. The molecule has 0 saturated heterocycles. The molecule has 1 aliphatic rings. The predicted octanol–water partition coefficient (Wildman–Crippen LogP) is 2.55. The van der Waals surface area contributed by atoms with Gasteiger partial charge in [-0.2, -0.15) is 0 Å². The van der Waals surface area contributed by atoms with Crippen LogP contribution in [0.1, 0.15) is 51.6 Å². The minimum atomic E-state index is -0.168. The molecular formula is C13H16N4OS2. The maximum atomic E-state index is 12.4. The molecule has 1 unspecified atom stereocenters. The van der Waals surface area contributed by atoms with Crippen molar-refractivity contribution < 1.29 is 4.79 Å². The van der Waals surface area contributed by atoms with Crippen molar-refractivity contribution >= 4 is 33.7 Å². The number of anilines is 1. The van der Waals surface area contributed by atoms with Gasteiger partial charge in [0.15, 0.2) is 0 Å². The number of aromatic nitrogens is 2. The molecule has 3 N–H and O–H groups in total. The highest BCUT2D eigenvalue weighted by Crippen LogP contribution is 2.30. The summed E-state index contributed by atoms with van der Waals surface area (Å²) in [4.78, 5) is 13.2. The van der Waals surface area contributed by atoms with Crippen LogP contribution < -0.4 is 11.1 Å². The van der Waals surface area contributed by atoms with E-state index in [1.807, 2.05) is 6.92 Å². The first-order valence-corrected chi connectivity index (χ1v) is 8.33. The number of carbonyl (C=O) groups is 1. The van der Waals surface area contributed by atoms with E-state index in [1.165, 1.54) is 35.3 Å². The Labute approximate surface area is 125 Å². The molecule has 1 atom stereocenters. The molecule has 0 saturated carbocycles. The lowest BCUT2D eigenvalue weighted by molar-refractivity contribution is 0.0943. The van der Waals surface area contributed by atoms with E-state index in [-0.39, 0.29) is 11.9 Å². The largest absolute Gasteiger partial charge is 0.374 e. The standard InChI is InChI=1S/C13H16N4OS2/c1-7(12-16-17-13(14)20-12)15-11(18)10-9-5-3-2-4-8(9)6-19-10/h6-7H,2-5H2,1H3,(H2,14,17)(H,15,18). The number of amides is 1. The fourth-order valence-corrected chi connectivity index (χ4v) is 4.13. The Hall–Kier alpha value is -1.47. The van der Waals surface area contributed by atoms with Crippen molar-refractivity contribution in [2.45, 2.75) is 38.6 Å². The highest BCUT2D eigenvalue weighted by atomic mass is 32.1. The number of rotatable bonds is 3. The molecule has 0 radical (unpaired) electrons. The number of nitrogens with one attached hydrogen (secondary N) is 1. The zero-order valence-corrected chi connectivity index (χ0v) is 12.8. The van der Waals surface area contributed by atoms with Gasteiger partial charge in [0.2, 0.25) is 5.13 Å². The molecule has 0 aliphatic heterocycles. The molecule has 2 heterocycles. The molecule has 5 nitrogen and oxygen atoms in total. The second kappa shape index (κ2) is 5.49. The summed E-state index contributed by atoms with van der Waals surface area (Å²) < 4.78 is 0. The highest BCUT2D eigenvalue weighted by molar-refractivity contribution is 7.15. The van der Waals surface area contributed by atoms with Crippen LogP contribution in [-0.2, 0) is 12.8 Å². The maximum absolute atomic E-state index is 12.4. The Morgan fingerprint density at radius 3 is 2.95 bits per heavy atom. The van der Waals surface area contributed by atoms with E-state index in [9.17, 15) is 4.79 Å². The number of nitrogens with zero attached hydrogens (tertiary/aromatic N) is 2. The van der Waals surface area contributed by atoms with E-state index in [0.29, 0.717) is 5.13 Å². The van der Waals surface area contributed by atoms with Crippen LogP contribution in [-0.4, -0.2) is 16.1 Å². The van der Waals surface area contributed by atoms with Crippen molar-refractivity contribution in [1.29, 1.82) is 0 Å². The van der Waals surface area contributed by atoms with Gasteiger partial charge in [-0.1, -0.05) is 11.3 Å². The Bertz CT molecular complexity index is 634. The fourth-order valence-electron chi connectivity index (χ4n) is 2.46. The van der Waals surface area contributed by atoms with Gasteiger partial charge in [0.25, 0.3) is 5.91 Å². The number of fused-ring (bicyclic) bond motifs is 1. The summed E-state index contributed by atoms with van der Waals surface area (Å²) in [6.07, 6.45) is 4.51. The molecule has 0 spiro atoms. The summed E-state index contributed by atoms with van der Waals surface area (Å²) >= 11 is 2.85. The van der Waals surface area contributed by atoms with Gasteiger partial charge in [0.05, 0.1) is 10.9 Å². The average molecular weight is 308 g/mol. The van der Waals surface area contributed by atoms with Gasteiger partial charge in [-0.3, -0.25) is 4.79 Å². The van der Waals surface area contributed by atoms with Crippen molar-refractivity contribution in [3.8, 4) is 0 Å². The van der Waals surface area contributed by atoms with Gasteiger partial charge in [-0.05, 0) is 49.1 Å². The zero-order chi connectivity index (χ0) is 14.1. The van der Waals surface area contributed by atoms with E-state index in [4.69, 9.17) is 5.73 Å². The SMILES string of the molecule is CC(NC(=O)c1scc2c1CCCC2)c1nnc(N)s1. The Morgan fingerprint density at radius 1 is 1.40 bits per heavy atom. The summed E-state index contributed by atoms with van der Waals surface area (Å²) in [5.74, 6) is -0.0144. The second-order valence-corrected chi connectivity index (χ2v) is 6.87. The maximum Gasteiger partial charge on any atom is 0.262 e. The van der Waals surface area contributed by atoms with Gasteiger partial charge in [-0.25, -0.2) is 0 Å². The van der Waals surface area contributed by atoms with Crippen molar-refractivity contribution in [2.75, 3.05) is 5.73 Å². The topological polar surface area (TPSA) is 80.9 Å². The number of nitrogens with two attached hydrogens (primary N) is 1. The Kier molecular flexibility index (Phi) is 3.71. The third-order valence-corrected chi connectivity index (χ3v) is 5.49. The smallest absolute Gasteiger partial charge is 0.262 e. The lowest BCUT2D eigenvalue weighted by Gasteiger charge is -2.14. The number of hydrogen-bond acceptors (Lipinski definition) is 6. The first-order valence-electron chi connectivity index (χ1n) is 6.64. The fraction of sp³-hybridized carbons (Fsp3) is 0.462. The molecule has 1 amide bonds. The quantitative estimate of drug-likeness (QED) is 0.913. The van der Waals surface area contributed by atoms with E-state index >= 15 is 0 Å². The number of hydrogen-bond donors (Lipinski definition) is 2. The third-order valence-electron chi connectivity index (χ3n) is 3.48. The third kappa shape index (κ3) is 2.55. The average Bonchev–Trinajstić information content (AvgIpc) is 3.04. The number of nitrogen functional groups attached to an aromatic ring is 1. The summed E-state index contributed by atoms with van der Waals surface area (Å²) in [6.45, 7) is 1.90. The number of aryl methyl sites for hydroxylation is 1. The van der Waals surface area contributed by atoms with Crippen LogP contribution in [0.5, 0.6) is 0 Å². The highest BCUT2D eigenvalue weighted by Gasteiger charge is 2.22. The molecule has 0 fully saturated rings. The van der Waals surface area contributed by atoms with Gasteiger partial charge >= 0.3 is 0 Å². The molecule has 3 rings (SSSR count). The van der Waals surface area contributed by atoms with Crippen molar-refractivity contribution in [2.24, 2.45) is 0 Å². The molecule has 20 heavy (non-hydrogen) atoms. The minimum Gasteiger partial charge on any atom is -0.374 e. The Balaban J connectivity index is 1.75. The first-order chi connectivity index (χ1) is 9.65. The monoisotopic (exact) mass is 308 g/mol. The van der Waals surface area contributed by atoms with E-state index in [0.717, 1.165) is 22.7 Å². The van der Waals surface area contributed by atoms with Gasteiger partial charge < -0.3 is 11.1 Å². The van der Waals surface area contributed by atoms with E-state index in [2.05, 4.69) is 20.9 Å². The molecule has 2 aromatic heterocycles. The van der Waals surface area contributed by atoms with E-state index < -0.39 is 0 Å². The van der Waals surface area contributed by atoms with Crippen molar-refractivity contribution in [3.63, 3.8) is 0 Å². The van der Waals surface area contributed by atoms with Gasteiger partial charge in [-0.15, -0.1) is 21.5 Å². The van der Waals surface area contributed by atoms with Gasteiger partial charge in [0.1, 0.15) is 5.01 Å². The van der Waals surface area contributed by atoms with Crippen molar-refractivity contribution in [3.05, 3.63) is 26.4 Å². The summed E-state index contributed by atoms with van der Waals surface area (Å²) in [7, 11) is 0. The van der Waals surface area contributed by atoms with Crippen LogP contribution in [0.15, 0.2) is 5.38 Å². The first kappa shape index (κ1) is 13.5. The summed E-state index contributed by atoms with van der Waals surface area (Å²) in [5.41, 5.74) is 8.15. The molecule has 7 heteroatoms. The zero-order valence-electron chi connectivity index (χ0n) is 11.2. The molecule has 0 aromatic carbocycles. The summed E-state index contributed by atoms with van der Waals surface area (Å²) in [6, 6.07) is -0.168. The minimum absolute atomic E-state index is 0.0144. The summed E-state index contributed by atoms with van der Waals surface area (Å²) in [5, 5.41) is 14.0. The van der Waals surface area contributed by atoms with Gasteiger partial charge in [0, 0.05) is 0 Å². The molecule has 106 valence electrons. The number of carbonyl (C=O) groups excluding carboxylic acids is 1. The predicted molar refractivity (Wildman–Crippen MR) is 81.2 cm³/mol. The van der Waals surface area contributed by atoms with Crippen LogP contribution in [0, 0.1) is 0 Å². The van der Waals surface area contributed by atoms with Crippen LogP contribution in [0.4, 0.5) is 5.13 Å². The lowest BCUT2D eigenvalue weighted by atomic mass is 9.94. The Morgan fingerprint density at radius 2 is 2.20 bits per heavy atom. The lowest BCUT2D eigenvalue weighted by Crippen LogP contribution is -2.27. The van der Waals surface area contributed by atoms with Crippen LogP contribution >= 0.6 is 22.7 Å². The molecular weight excluding hydrogens is 292 g/mol. The van der Waals surface area contributed by atoms with Crippen LogP contribution in [0.25, 0.3) is 0 Å².